The zero-order valence-electron chi connectivity index (χ0n) is 11.1. The van der Waals surface area contributed by atoms with Gasteiger partial charge in [-0.25, -0.2) is 0 Å². The van der Waals surface area contributed by atoms with Gasteiger partial charge in [-0.2, -0.15) is 18.5 Å². The second-order valence-electron chi connectivity index (χ2n) is 4.82. The van der Waals surface area contributed by atoms with E-state index in [0.717, 1.165) is 0 Å². The molecule has 0 bridgehead atoms. The maximum absolute atomic E-state index is 12.0. The summed E-state index contributed by atoms with van der Waals surface area (Å²) in [6.45, 7) is 1.76. The second kappa shape index (κ2) is 4.64. The maximum atomic E-state index is 12.0. The van der Waals surface area contributed by atoms with Gasteiger partial charge in [0.15, 0.2) is 0 Å². The molecular weight excluding hydrogens is 292 g/mol. The standard InChI is InChI=1S/C14H12N2O4S/c1-9-8-14(17)16(15-9)12-6-7-13(21(18,19)20)11-5-3-2-4-10(11)12/h2-7H,8H2,1H3,(H,18,19,20). The van der Waals surface area contributed by atoms with Crippen LogP contribution in [0.1, 0.15) is 13.3 Å². The molecule has 0 aliphatic carbocycles. The molecule has 108 valence electrons. The molecule has 0 radical (unpaired) electrons. The van der Waals surface area contributed by atoms with E-state index < -0.39 is 10.1 Å². The van der Waals surface area contributed by atoms with Crippen molar-refractivity contribution in [1.82, 2.24) is 0 Å². The molecule has 2 aromatic carbocycles. The number of nitrogens with zero attached hydrogens (tertiary/aromatic N) is 2. The predicted molar refractivity (Wildman–Crippen MR) is 79.0 cm³/mol. The van der Waals surface area contributed by atoms with Gasteiger partial charge in [-0.15, -0.1) is 0 Å². The zero-order valence-corrected chi connectivity index (χ0v) is 12.0. The number of hydrazone groups is 1. The molecule has 3 rings (SSSR count). The first-order valence-electron chi connectivity index (χ1n) is 6.24. The van der Waals surface area contributed by atoms with Crippen LogP contribution in [0.5, 0.6) is 0 Å². The van der Waals surface area contributed by atoms with Crippen LogP contribution in [0.15, 0.2) is 46.4 Å². The molecule has 0 unspecified atom stereocenters. The molecule has 21 heavy (non-hydrogen) atoms. The van der Waals surface area contributed by atoms with E-state index in [-0.39, 0.29) is 17.2 Å². The van der Waals surface area contributed by atoms with Crippen molar-refractivity contribution in [3.63, 3.8) is 0 Å². The second-order valence-corrected chi connectivity index (χ2v) is 6.21. The Morgan fingerprint density at radius 3 is 2.38 bits per heavy atom. The summed E-state index contributed by atoms with van der Waals surface area (Å²) in [5.41, 5.74) is 1.20. The highest BCUT2D eigenvalue weighted by Crippen LogP contribution is 2.33. The van der Waals surface area contributed by atoms with Crippen molar-refractivity contribution < 1.29 is 17.8 Å². The van der Waals surface area contributed by atoms with E-state index in [0.29, 0.717) is 22.2 Å². The summed E-state index contributed by atoms with van der Waals surface area (Å²) in [4.78, 5) is 11.8. The van der Waals surface area contributed by atoms with Crippen molar-refractivity contribution in [2.75, 3.05) is 5.01 Å². The number of benzene rings is 2. The van der Waals surface area contributed by atoms with E-state index in [1.807, 2.05) is 0 Å². The summed E-state index contributed by atoms with van der Waals surface area (Å²) in [6.07, 6.45) is 0.244. The van der Waals surface area contributed by atoms with E-state index in [4.69, 9.17) is 0 Å². The van der Waals surface area contributed by atoms with Crippen LogP contribution >= 0.6 is 0 Å². The van der Waals surface area contributed by atoms with E-state index in [1.165, 1.54) is 17.1 Å². The molecule has 1 aliphatic heterocycles. The number of carbonyl (C=O) groups excluding carboxylic acids is 1. The molecule has 0 saturated carbocycles. The van der Waals surface area contributed by atoms with Gasteiger partial charge in [-0.05, 0) is 19.1 Å². The molecule has 2 aromatic rings. The fraction of sp³-hybridized carbons (Fsp3) is 0.143. The number of carbonyl (C=O) groups is 1. The summed E-state index contributed by atoms with van der Waals surface area (Å²) >= 11 is 0. The van der Waals surface area contributed by atoms with Gasteiger partial charge in [-0.3, -0.25) is 9.35 Å². The maximum Gasteiger partial charge on any atom is 0.295 e. The number of hydrogen-bond donors (Lipinski definition) is 1. The highest BCUT2D eigenvalue weighted by Gasteiger charge is 2.25. The highest BCUT2D eigenvalue weighted by atomic mass is 32.2. The van der Waals surface area contributed by atoms with Crippen molar-refractivity contribution in [3.8, 4) is 0 Å². The van der Waals surface area contributed by atoms with Crippen LogP contribution in [0, 0.1) is 0 Å². The first-order chi connectivity index (χ1) is 9.88. The lowest BCUT2D eigenvalue weighted by Gasteiger charge is -2.15. The fourth-order valence-electron chi connectivity index (χ4n) is 2.41. The van der Waals surface area contributed by atoms with Gasteiger partial charge in [0.25, 0.3) is 16.0 Å². The van der Waals surface area contributed by atoms with Crippen molar-refractivity contribution >= 4 is 38.2 Å². The van der Waals surface area contributed by atoms with Crippen LogP contribution in [0.4, 0.5) is 5.69 Å². The Balaban J connectivity index is 2.31. The third-order valence-electron chi connectivity index (χ3n) is 3.28. The molecule has 1 heterocycles. The monoisotopic (exact) mass is 304 g/mol. The van der Waals surface area contributed by atoms with Crippen molar-refractivity contribution in [2.45, 2.75) is 18.2 Å². The van der Waals surface area contributed by atoms with E-state index in [9.17, 15) is 17.8 Å². The minimum Gasteiger partial charge on any atom is -0.282 e. The Morgan fingerprint density at radius 1 is 1.14 bits per heavy atom. The lowest BCUT2D eigenvalue weighted by atomic mass is 10.1. The number of anilines is 1. The molecule has 1 N–H and O–H groups in total. The highest BCUT2D eigenvalue weighted by molar-refractivity contribution is 7.86. The van der Waals surface area contributed by atoms with Gasteiger partial charge in [0.1, 0.15) is 4.90 Å². The minimum atomic E-state index is -4.33. The van der Waals surface area contributed by atoms with Gasteiger partial charge in [0.05, 0.1) is 12.1 Å². The molecule has 0 saturated heterocycles. The fourth-order valence-corrected chi connectivity index (χ4v) is 3.10. The van der Waals surface area contributed by atoms with Crippen LogP contribution in [0.3, 0.4) is 0 Å². The number of hydrogen-bond acceptors (Lipinski definition) is 4. The summed E-state index contributed by atoms with van der Waals surface area (Å²) in [5, 5.41) is 6.33. The van der Waals surface area contributed by atoms with Crippen LogP contribution < -0.4 is 5.01 Å². The summed E-state index contributed by atoms with van der Waals surface area (Å²) in [7, 11) is -4.33. The van der Waals surface area contributed by atoms with Gasteiger partial charge in [0, 0.05) is 16.5 Å². The lowest BCUT2D eigenvalue weighted by Crippen LogP contribution is -2.20. The predicted octanol–water partition coefficient (Wildman–Crippen LogP) is 2.20. The topological polar surface area (TPSA) is 87.0 Å². The molecule has 0 atom stereocenters. The largest absolute Gasteiger partial charge is 0.295 e. The first-order valence-corrected chi connectivity index (χ1v) is 7.68. The van der Waals surface area contributed by atoms with Crippen LogP contribution in [-0.2, 0) is 14.9 Å². The molecule has 6 nitrogen and oxygen atoms in total. The molecular formula is C14H12N2O4S. The van der Waals surface area contributed by atoms with Gasteiger partial charge in [-0.1, -0.05) is 24.3 Å². The van der Waals surface area contributed by atoms with E-state index in [1.54, 1.807) is 31.2 Å². The van der Waals surface area contributed by atoms with Crippen LogP contribution in [0.25, 0.3) is 10.8 Å². The quantitative estimate of drug-likeness (QED) is 0.862. The molecule has 1 aliphatic rings. The zero-order chi connectivity index (χ0) is 15.2. The van der Waals surface area contributed by atoms with Crippen molar-refractivity contribution in [1.29, 1.82) is 0 Å². The summed E-state index contributed by atoms with van der Waals surface area (Å²) in [5.74, 6) is -0.169. The first kappa shape index (κ1) is 13.7. The average molecular weight is 304 g/mol. The minimum absolute atomic E-state index is 0.169. The van der Waals surface area contributed by atoms with Crippen LogP contribution in [-0.4, -0.2) is 24.6 Å². The van der Waals surface area contributed by atoms with Crippen molar-refractivity contribution in [2.24, 2.45) is 5.10 Å². The third kappa shape index (κ3) is 2.30. The lowest BCUT2D eigenvalue weighted by molar-refractivity contribution is -0.116. The van der Waals surface area contributed by atoms with E-state index in [2.05, 4.69) is 5.10 Å². The number of amides is 1. The molecule has 0 aromatic heterocycles. The van der Waals surface area contributed by atoms with Gasteiger partial charge < -0.3 is 0 Å². The molecule has 7 heteroatoms. The Morgan fingerprint density at radius 2 is 1.81 bits per heavy atom. The Hall–Kier alpha value is -2.25. The number of fused-ring (bicyclic) bond motifs is 1. The van der Waals surface area contributed by atoms with Crippen LogP contribution in [0.2, 0.25) is 0 Å². The molecule has 1 amide bonds. The van der Waals surface area contributed by atoms with E-state index >= 15 is 0 Å². The smallest absolute Gasteiger partial charge is 0.282 e. The van der Waals surface area contributed by atoms with Gasteiger partial charge in [0.2, 0.25) is 0 Å². The number of rotatable bonds is 2. The van der Waals surface area contributed by atoms with Crippen molar-refractivity contribution in [3.05, 3.63) is 36.4 Å². The Bertz CT molecular complexity index is 887. The normalized spacial score (nSPS) is 15.6. The molecule has 0 fully saturated rings. The Kier molecular flexibility index (Phi) is 3.03. The third-order valence-corrected chi connectivity index (χ3v) is 4.19. The van der Waals surface area contributed by atoms with Gasteiger partial charge >= 0.3 is 0 Å². The summed E-state index contributed by atoms with van der Waals surface area (Å²) in [6, 6.07) is 9.43. The average Bonchev–Trinajstić information content (AvgIpc) is 2.75. The molecule has 0 spiro atoms. The Labute approximate surface area is 121 Å². The SMILES string of the molecule is CC1=NN(c2ccc(S(=O)(=O)O)c3ccccc23)C(=O)C1. The summed E-state index contributed by atoms with van der Waals surface area (Å²) < 4.78 is 32.2.